The fourth-order valence-corrected chi connectivity index (χ4v) is 1.47. The number of nitrogens with zero attached hydrogens (tertiary/aromatic N) is 1. The minimum Gasteiger partial charge on any atom is -0.481 e. The second-order valence-electron chi connectivity index (χ2n) is 3.26. The van der Waals surface area contributed by atoms with Gasteiger partial charge in [0, 0.05) is 12.4 Å². The summed E-state index contributed by atoms with van der Waals surface area (Å²) in [6, 6.07) is 0.793. The first-order valence-electron chi connectivity index (χ1n) is 4.61. The van der Waals surface area contributed by atoms with Crippen LogP contribution in [-0.2, 0) is 11.0 Å². The molecule has 3 nitrogen and oxygen atoms in total. The number of carbonyl (C=O) groups is 1. The second kappa shape index (κ2) is 4.51. The van der Waals surface area contributed by atoms with E-state index in [4.69, 9.17) is 5.11 Å². The molecule has 0 fully saturated rings. The highest BCUT2D eigenvalue weighted by Crippen LogP contribution is 2.35. The number of aromatic nitrogens is 1. The monoisotopic (exact) mass is 233 g/mol. The van der Waals surface area contributed by atoms with Crippen molar-refractivity contribution >= 4 is 5.97 Å². The Balaban J connectivity index is 3.27. The van der Waals surface area contributed by atoms with Crippen LogP contribution in [0, 0.1) is 0 Å². The van der Waals surface area contributed by atoms with Gasteiger partial charge in [0.1, 0.15) is 0 Å². The lowest BCUT2D eigenvalue weighted by Gasteiger charge is -2.16. The average Bonchev–Trinajstić information content (AvgIpc) is 2.17. The van der Waals surface area contributed by atoms with Gasteiger partial charge in [-0.3, -0.25) is 9.78 Å². The Morgan fingerprint density at radius 2 is 2.19 bits per heavy atom. The zero-order valence-corrected chi connectivity index (χ0v) is 8.45. The number of hydrogen-bond donors (Lipinski definition) is 1. The summed E-state index contributed by atoms with van der Waals surface area (Å²) in [6.07, 6.45) is -2.50. The Kier molecular flexibility index (Phi) is 3.51. The number of rotatable bonds is 3. The van der Waals surface area contributed by atoms with Crippen molar-refractivity contribution in [2.45, 2.75) is 25.4 Å². The summed E-state index contributed by atoms with van der Waals surface area (Å²) in [4.78, 5) is 14.4. The fourth-order valence-electron chi connectivity index (χ4n) is 1.47. The number of hydrogen-bond acceptors (Lipinski definition) is 2. The first kappa shape index (κ1) is 12.5. The highest BCUT2D eigenvalue weighted by atomic mass is 19.4. The topological polar surface area (TPSA) is 50.2 Å². The molecule has 1 aromatic rings. The number of carboxylic acid groups (broad SMARTS) is 1. The molecule has 0 radical (unpaired) electrons. The van der Waals surface area contributed by atoms with Crippen LogP contribution in [0.2, 0.25) is 0 Å². The van der Waals surface area contributed by atoms with Crippen LogP contribution in [0.15, 0.2) is 18.5 Å². The maximum Gasteiger partial charge on any atom is 0.416 e. The van der Waals surface area contributed by atoms with Crippen LogP contribution in [0.4, 0.5) is 13.2 Å². The molecule has 88 valence electrons. The molecule has 1 unspecified atom stereocenters. The first-order chi connectivity index (χ1) is 7.38. The van der Waals surface area contributed by atoms with Gasteiger partial charge in [-0.1, -0.05) is 6.92 Å². The van der Waals surface area contributed by atoms with E-state index in [-0.39, 0.29) is 12.0 Å². The molecule has 0 aromatic carbocycles. The van der Waals surface area contributed by atoms with Gasteiger partial charge in [-0.2, -0.15) is 13.2 Å². The molecule has 1 atom stereocenters. The van der Waals surface area contributed by atoms with E-state index in [0.717, 1.165) is 18.5 Å². The molecule has 0 aliphatic heterocycles. The highest BCUT2D eigenvalue weighted by molar-refractivity contribution is 5.76. The van der Waals surface area contributed by atoms with Crippen LogP contribution in [-0.4, -0.2) is 16.1 Å². The van der Waals surface area contributed by atoms with Gasteiger partial charge in [0.15, 0.2) is 0 Å². The smallest absolute Gasteiger partial charge is 0.416 e. The number of aliphatic carboxylic acids is 1. The molecule has 6 heteroatoms. The molecule has 1 rings (SSSR count). The minimum atomic E-state index is -4.55. The van der Waals surface area contributed by atoms with Crippen LogP contribution < -0.4 is 0 Å². The van der Waals surface area contributed by atoms with Gasteiger partial charge in [0.2, 0.25) is 0 Å². The third-order valence-corrected chi connectivity index (χ3v) is 2.24. The molecule has 0 amide bonds. The van der Waals surface area contributed by atoms with Gasteiger partial charge >= 0.3 is 12.1 Å². The van der Waals surface area contributed by atoms with Crippen molar-refractivity contribution in [3.8, 4) is 0 Å². The lowest BCUT2D eigenvalue weighted by molar-refractivity contribution is -0.141. The van der Waals surface area contributed by atoms with Crippen molar-refractivity contribution in [1.29, 1.82) is 0 Å². The van der Waals surface area contributed by atoms with Crippen molar-refractivity contribution in [2.24, 2.45) is 0 Å². The van der Waals surface area contributed by atoms with E-state index >= 15 is 0 Å². The second-order valence-corrected chi connectivity index (χ2v) is 3.26. The Morgan fingerprint density at radius 3 is 2.62 bits per heavy atom. The lowest BCUT2D eigenvalue weighted by Crippen LogP contribution is -2.17. The van der Waals surface area contributed by atoms with Crippen molar-refractivity contribution < 1.29 is 23.1 Å². The van der Waals surface area contributed by atoms with Gasteiger partial charge in [-0.15, -0.1) is 0 Å². The lowest BCUT2D eigenvalue weighted by atomic mass is 9.94. The Hall–Kier alpha value is -1.59. The third-order valence-electron chi connectivity index (χ3n) is 2.24. The molecule has 0 spiro atoms. The molecular formula is C10H10F3NO2. The van der Waals surface area contributed by atoms with Gasteiger partial charge in [0.05, 0.1) is 11.5 Å². The summed E-state index contributed by atoms with van der Waals surface area (Å²) in [7, 11) is 0. The van der Waals surface area contributed by atoms with Crippen molar-refractivity contribution in [1.82, 2.24) is 4.98 Å². The molecule has 1 N–H and O–H groups in total. The number of pyridine rings is 1. The molecule has 1 aromatic heterocycles. The van der Waals surface area contributed by atoms with Crippen LogP contribution in [0.3, 0.4) is 0 Å². The standard InChI is InChI=1S/C10H10F3NO2/c1-2-6(9(15)16)7-5-14-4-3-8(7)10(11,12)13/h3-6H,2H2,1H3,(H,15,16). The predicted octanol–water partition coefficient (Wildman–Crippen LogP) is 2.68. The maximum absolute atomic E-state index is 12.6. The van der Waals surface area contributed by atoms with Crippen LogP contribution in [0.5, 0.6) is 0 Å². The van der Waals surface area contributed by atoms with Crippen LogP contribution >= 0.6 is 0 Å². The molecular weight excluding hydrogens is 223 g/mol. The number of alkyl halides is 3. The molecule has 0 saturated carbocycles. The van der Waals surface area contributed by atoms with Crippen molar-refractivity contribution in [2.75, 3.05) is 0 Å². The molecule has 16 heavy (non-hydrogen) atoms. The largest absolute Gasteiger partial charge is 0.481 e. The van der Waals surface area contributed by atoms with Gasteiger partial charge in [-0.05, 0) is 18.1 Å². The van der Waals surface area contributed by atoms with Crippen molar-refractivity contribution in [3.63, 3.8) is 0 Å². The normalized spacial score (nSPS) is 13.5. The van der Waals surface area contributed by atoms with E-state index in [9.17, 15) is 18.0 Å². The summed E-state index contributed by atoms with van der Waals surface area (Å²) in [5.41, 5.74) is -1.22. The third kappa shape index (κ3) is 2.50. The van der Waals surface area contributed by atoms with E-state index < -0.39 is 23.6 Å². The minimum absolute atomic E-state index is 0.0874. The summed E-state index contributed by atoms with van der Waals surface area (Å²) in [6.45, 7) is 1.52. The molecule has 1 heterocycles. The van der Waals surface area contributed by atoms with Crippen LogP contribution in [0.1, 0.15) is 30.4 Å². The quantitative estimate of drug-likeness (QED) is 0.873. The predicted molar refractivity (Wildman–Crippen MR) is 49.9 cm³/mol. The summed E-state index contributed by atoms with van der Waals surface area (Å²) >= 11 is 0. The number of carboxylic acids is 1. The first-order valence-corrected chi connectivity index (χ1v) is 4.61. The van der Waals surface area contributed by atoms with Gasteiger partial charge < -0.3 is 5.11 Å². The zero-order chi connectivity index (χ0) is 12.3. The van der Waals surface area contributed by atoms with E-state index in [1.807, 2.05) is 0 Å². The van der Waals surface area contributed by atoms with Gasteiger partial charge in [-0.25, -0.2) is 0 Å². The van der Waals surface area contributed by atoms with E-state index in [1.165, 1.54) is 6.92 Å². The summed E-state index contributed by atoms with van der Waals surface area (Å²) in [5, 5.41) is 8.82. The fraction of sp³-hybridized carbons (Fsp3) is 0.400. The van der Waals surface area contributed by atoms with E-state index in [1.54, 1.807) is 0 Å². The summed E-state index contributed by atoms with van der Waals surface area (Å²) < 4.78 is 37.8. The van der Waals surface area contributed by atoms with E-state index in [0.29, 0.717) is 0 Å². The molecule has 0 saturated heterocycles. The number of halogens is 3. The van der Waals surface area contributed by atoms with Crippen molar-refractivity contribution in [3.05, 3.63) is 29.6 Å². The Labute approximate surface area is 89.9 Å². The Morgan fingerprint density at radius 1 is 1.56 bits per heavy atom. The SMILES string of the molecule is CCC(C(=O)O)c1cnccc1C(F)(F)F. The highest BCUT2D eigenvalue weighted by Gasteiger charge is 2.36. The van der Waals surface area contributed by atoms with Crippen LogP contribution in [0.25, 0.3) is 0 Å². The summed E-state index contributed by atoms with van der Waals surface area (Å²) in [5.74, 6) is -2.45. The maximum atomic E-state index is 12.6. The van der Waals surface area contributed by atoms with E-state index in [2.05, 4.69) is 4.98 Å². The average molecular weight is 233 g/mol. The molecule has 0 aliphatic rings. The zero-order valence-electron chi connectivity index (χ0n) is 8.45. The molecule has 0 aliphatic carbocycles. The molecule has 0 bridgehead atoms. The Bertz CT molecular complexity index is 390. The van der Waals surface area contributed by atoms with Gasteiger partial charge in [0.25, 0.3) is 0 Å².